The summed E-state index contributed by atoms with van der Waals surface area (Å²) in [6, 6.07) is 0. The van der Waals surface area contributed by atoms with Crippen molar-refractivity contribution in [1.29, 1.82) is 0 Å². The minimum Gasteiger partial charge on any atom is -0.449 e. The van der Waals surface area contributed by atoms with Gasteiger partial charge >= 0.3 is 11.9 Å². The van der Waals surface area contributed by atoms with E-state index in [0.717, 1.165) is 73.8 Å². The first-order chi connectivity index (χ1) is 13.6. The number of hydrogen-bond acceptors (Lipinski definition) is 4. The summed E-state index contributed by atoms with van der Waals surface area (Å²) >= 11 is 0. The van der Waals surface area contributed by atoms with Crippen LogP contribution in [0.2, 0.25) is 0 Å². The van der Waals surface area contributed by atoms with Gasteiger partial charge in [-0.2, -0.15) is 0 Å². The van der Waals surface area contributed by atoms with E-state index < -0.39 is 11.0 Å². The Hall–Kier alpha value is -2.10. The van der Waals surface area contributed by atoms with Crippen LogP contribution in [0.15, 0.2) is 46.8 Å². The van der Waals surface area contributed by atoms with Crippen molar-refractivity contribution in [3.63, 3.8) is 0 Å². The number of carbonyl (C=O) groups excluding carboxylic acids is 2. The van der Waals surface area contributed by atoms with Crippen molar-refractivity contribution in [2.24, 2.45) is 17.3 Å². The monoisotopic (exact) mass is 380 g/mol. The van der Waals surface area contributed by atoms with E-state index in [1.54, 1.807) is 0 Å². The lowest BCUT2D eigenvalue weighted by atomic mass is 9.45. The van der Waals surface area contributed by atoms with Crippen molar-refractivity contribution in [2.75, 3.05) is 0 Å². The van der Waals surface area contributed by atoms with Crippen molar-refractivity contribution in [3.05, 3.63) is 46.8 Å². The molecule has 0 aromatic heterocycles. The van der Waals surface area contributed by atoms with Crippen molar-refractivity contribution in [1.82, 2.24) is 0 Å². The third-order valence-corrected chi connectivity index (χ3v) is 7.52. The van der Waals surface area contributed by atoms with Crippen molar-refractivity contribution in [2.45, 2.75) is 70.8 Å². The topological polar surface area (TPSA) is 52.6 Å². The molecule has 2 heterocycles. The number of allylic oxidation sites excluding steroid dienone is 3. The second kappa shape index (κ2) is 6.20. The highest BCUT2D eigenvalue weighted by Gasteiger charge is 2.75. The van der Waals surface area contributed by atoms with Crippen LogP contribution in [0.3, 0.4) is 0 Å². The Balaban J connectivity index is 1.80. The van der Waals surface area contributed by atoms with Crippen molar-refractivity contribution in [3.8, 4) is 0 Å². The molecule has 2 fully saturated rings. The number of unbranched alkanes of at least 4 members (excludes halogenated alkanes) is 1. The van der Waals surface area contributed by atoms with Crippen molar-refractivity contribution < 1.29 is 19.1 Å². The first kappa shape index (κ1) is 18.0. The fraction of sp³-hybridized carbons (Fsp3) is 0.583. The van der Waals surface area contributed by atoms with E-state index in [9.17, 15) is 9.59 Å². The van der Waals surface area contributed by atoms with Crippen LogP contribution >= 0.6 is 0 Å². The quantitative estimate of drug-likeness (QED) is 0.650. The van der Waals surface area contributed by atoms with E-state index in [2.05, 4.69) is 32.1 Å². The fourth-order valence-corrected chi connectivity index (χ4v) is 6.57. The minimum absolute atomic E-state index is 0.206. The summed E-state index contributed by atoms with van der Waals surface area (Å²) in [7, 11) is 0. The Morgan fingerprint density at radius 3 is 2.86 bits per heavy atom. The Morgan fingerprint density at radius 2 is 2.07 bits per heavy atom. The summed E-state index contributed by atoms with van der Waals surface area (Å²) in [5.74, 6) is 0.749. The zero-order chi connectivity index (χ0) is 19.5. The molecule has 4 atom stereocenters. The van der Waals surface area contributed by atoms with Crippen LogP contribution in [0.1, 0.15) is 65.2 Å². The molecule has 2 aliphatic heterocycles. The smallest absolute Gasteiger partial charge is 0.340 e. The summed E-state index contributed by atoms with van der Waals surface area (Å²) < 4.78 is 12.3. The summed E-state index contributed by atoms with van der Waals surface area (Å²) in [6.07, 6.45) is 15.7. The number of esters is 2. The first-order valence-corrected chi connectivity index (χ1v) is 10.9. The van der Waals surface area contributed by atoms with Crippen LogP contribution in [-0.4, -0.2) is 17.5 Å². The highest BCUT2D eigenvalue weighted by molar-refractivity contribution is 6.00. The number of hydrogen-bond donors (Lipinski definition) is 0. The predicted molar refractivity (Wildman–Crippen MR) is 105 cm³/mol. The maximum absolute atomic E-state index is 13.0. The molecule has 0 radical (unpaired) electrons. The van der Waals surface area contributed by atoms with E-state index in [0.29, 0.717) is 0 Å². The Labute approximate surface area is 166 Å². The van der Waals surface area contributed by atoms with Gasteiger partial charge in [-0.15, -0.1) is 0 Å². The molecule has 0 unspecified atom stereocenters. The van der Waals surface area contributed by atoms with Crippen LogP contribution < -0.4 is 0 Å². The molecule has 2 bridgehead atoms. The largest absolute Gasteiger partial charge is 0.449 e. The number of ether oxygens (including phenoxy) is 2. The van der Waals surface area contributed by atoms with Gasteiger partial charge in [0.1, 0.15) is 11.2 Å². The predicted octanol–water partition coefficient (Wildman–Crippen LogP) is 4.92. The van der Waals surface area contributed by atoms with Gasteiger partial charge in [0.15, 0.2) is 5.60 Å². The number of rotatable bonds is 4. The molecule has 2 spiro atoms. The molecule has 0 N–H and O–H groups in total. The van der Waals surface area contributed by atoms with Gasteiger partial charge in [0, 0.05) is 5.92 Å². The average molecular weight is 380 g/mol. The zero-order valence-electron chi connectivity index (χ0n) is 16.8. The molecule has 4 aliphatic carbocycles. The number of carbonyl (C=O) groups is 2. The van der Waals surface area contributed by atoms with Gasteiger partial charge in [-0.05, 0) is 56.1 Å². The van der Waals surface area contributed by atoms with Crippen LogP contribution in [0.25, 0.3) is 0 Å². The van der Waals surface area contributed by atoms with Gasteiger partial charge in [-0.25, -0.2) is 9.59 Å². The lowest BCUT2D eigenvalue weighted by Gasteiger charge is -2.59. The SMILES string of the molecule is CCC/C=C1\OC(=O)C2=C[C@@H]3CC[C@@]21[C@]1(OC(=O)C2=C1CCC=C2)[C@@H]3CCC. The fourth-order valence-electron chi connectivity index (χ4n) is 6.57. The van der Waals surface area contributed by atoms with Gasteiger partial charge < -0.3 is 9.47 Å². The van der Waals surface area contributed by atoms with Crippen molar-refractivity contribution >= 4 is 11.9 Å². The molecule has 148 valence electrons. The summed E-state index contributed by atoms with van der Waals surface area (Å²) in [5, 5.41) is 0. The van der Waals surface area contributed by atoms with Gasteiger partial charge in [-0.1, -0.05) is 44.9 Å². The van der Waals surface area contributed by atoms with Crippen LogP contribution in [0.4, 0.5) is 0 Å². The van der Waals surface area contributed by atoms with E-state index in [1.807, 2.05) is 6.08 Å². The summed E-state index contributed by atoms with van der Waals surface area (Å²) in [6.45, 7) is 4.31. The highest BCUT2D eigenvalue weighted by atomic mass is 16.6. The van der Waals surface area contributed by atoms with Gasteiger partial charge in [0.25, 0.3) is 0 Å². The maximum Gasteiger partial charge on any atom is 0.340 e. The molecule has 4 nitrogen and oxygen atoms in total. The normalized spacial score (nSPS) is 39.4. The standard InChI is InChI=1S/C24H28O4/c1-3-5-11-20-23-13-12-15(14-19(23)22(26)27-20)17(8-4-2)24(23)18-10-7-6-9-16(18)21(25)28-24/h6,9,11,14-15,17H,3-5,7-8,10,12-13H2,1-2H3/b20-11-/t15-,17+,23+,24-/m0/s1. The Morgan fingerprint density at radius 1 is 1.21 bits per heavy atom. The van der Waals surface area contributed by atoms with E-state index >= 15 is 0 Å². The lowest BCUT2D eigenvalue weighted by Crippen LogP contribution is -2.63. The Bertz CT molecular complexity index is 873. The molecule has 0 aromatic carbocycles. The maximum atomic E-state index is 13.0. The summed E-state index contributed by atoms with van der Waals surface area (Å²) in [4.78, 5) is 25.9. The molecular weight excluding hydrogens is 352 g/mol. The minimum atomic E-state index is -0.751. The molecular formula is C24H28O4. The molecule has 6 aliphatic rings. The second-order valence-corrected chi connectivity index (χ2v) is 8.79. The van der Waals surface area contributed by atoms with Gasteiger partial charge in [0.05, 0.1) is 11.1 Å². The molecule has 1 saturated carbocycles. The zero-order valence-corrected chi connectivity index (χ0v) is 16.8. The highest BCUT2D eigenvalue weighted by Crippen LogP contribution is 2.71. The van der Waals surface area contributed by atoms with E-state index in [-0.39, 0.29) is 23.8 Å². The average Bonchev–Trinajstić information content (AvgIpc) is 3.17. The number of cyclic esters (lactones) is 1. The summed E-state index contributed by atoms with van der Waals surface area (Å²) in [5.41, 5.74) is 1.21. The van der Waals surface area contributed by atoms with Gasteiger partial charge in [-0.3, -0.25) is 0 Å². The molecule has 28 heavy (non-hydrogen) atoms. The second-order valence-electron chi connectivity index (χ2n) is 8.79. The van der Waals surface area contributed by atoms with Crippen LogP contribution in [0, 0.1) is 17.3 Å². The number of fused-ring (bicyclic) bond motifs is 1. The van der Waals surface area contributed by atoms with Gasteiger partial charge in [0.2, 0.25) is 0 Å². The van der Waals surface area contributed by atoms with Crippen LogP contribution in [0.5, 0.6) is 0 Å². The third kappa shape index (κ3) is 1.96. The Kier molecular flexibility index (Phi) is 3.98. The van der Waals surface area contributed by atoms with E-state index in [1.165, 1.54) is 0 Å². The molecule has 1 saturated heterocycles. The van der Waals surface area contributed by atoms with Crippen LogP contribution in [-0.2, 0) is 19.1 Å². The van der Waals surface area contributed by atoms with E-state index in [4.69, 9.17) is 9.47 Å². The molecule has 6 rings (SSSR count). The molecule has 0 amide bonds. The molecule has 4 heteroatoms. The lowest BCUT2D eigenvalue weighted by molar-refractivity contribution is -0.176. The first-order valence-electron chi connectivity index (χ1n) is 10.9. The molecule has 0 aromatic rings. The third-order valence-electron chi connectivity index (χ3n) is 7.52.